The highest BCUT2D eigenvalue weighted by Crippen LogP contribution is 2.28. The van der Waals surface area contributed by atoms with E-state index in [0.717, 1.165) is 37.4 Å². The monoisotopic (exact) mass is 304 g/mol. The molecule has 1 N–H and O–H groups in total. The first kappa shape index (κ1) is 14.2. The van der Waals surface area contributed by atoms with Gasteiger partial charge < -0.3 is 10.1 Å². The first-order valence-electron chi connectivity index (χ1n) is 8.19. The molecule has 0 radical (unpaired) electrons. The average molecular weight is 304 g/mol. The third kappa shape index (κ3) is 3.06. The van der Waals surface area contributed by atoms with Crippen molar-refractivity contribution in [3.63, 3.8) is 0 Å². The maximum absolute atomic E-state index is 5.39. The first-order chi connectivity index (χ1) is 11.4. The lowest BCUT2D eigenvalue weighted by molar-refractivity contribution is 0.0904. The highest BCUT2D eigenvalue weighted by atomic mass is 16.5. The fourth-order valence-corrected chi connectivity index (χ4v) is 3.17. The summed E-state index contributed by atoms with van der Waals surface area (Å²) in [6.45, 7) is 1.68. The molecule has 0 atom stereocenters. The molecule has 1 aromatic heterocycles. The number of hydrogen-bond donors (Lipinski definition) is 1. The fourth-order valence-electron chi connectivity index (χ4n) is 3.17. The van der Waals surface area contributed by atoms with Crippen LogP contribution in [0.3, 0.4) is 0 Å². The predicted molar refractivity (Wildman–Crippen MR) is 94.6 cm³/mol. The number of nitrogens with one attached hydrogen (secondary N) is 1. The zero-order chi connectivity index (χ0) is 15.5. The van der Waals surface area contributed by atoms with E-state index < -0.39 is 0 Å². The molecule has 3 nitrogen and oxygen atoms in total. The second kappa shape index (κ2) is 6.39. The Labute approximate surface area is 136 Å². The zero-order valence-electron chi connectivity index (χ0n) is 13.0. The van der Waals surface area contributed by atoms with Crippen molar-refractivity contribution in [2.24, 2.45) is 0 Å². The maximum Gasteiger partial charge on any atom is 0.126 e. The smallest absolute Gasteiger partial charge is 0.126 e. The number of pyridine rings is 1. The van der Waals surface area contributed by atoms with Crippen LogP contribution in [-0.4, -0.2) is 24.2 Å². The number of rotatable bonds is 3. The molecule has 0 unspecified atom stereocenters. The second-order valence-electron chi connectivity index (χ2n) is 5.99. The van der Waals surface area contributed by atoms with Gasteiger partial charge in [0.15, 0.2) is 0 Å². The van der Waals surface area contributed by atoms with Gasteiger partial charge in [-0.3, -0.25) is 0 Å². The van der Waals surface area contributed by atoms with Crippen LogP contribution in [0, 0.1) is 0 Å². The number of nitrogens with zero attached hydrogens (tertiary/aromatic N) is 1. The van der Waals surface area contributed by atoms with Crippen molar-refractivity contribution >= 4 is 16.6 Å². The lowest BCUT2D eigenvalue weighted by Crippen LogP contribution is -2.28. The summed E-state index contributed by atoms with van der Waals surface area (Å²) in [5.74, 6) is 0.945. The zero-order valence-corrected chi connectivity index (χ0v) is 13.0. The van der Waals surface area contributed by atoms with Gasteiger partial charge in [0.2, 0.25) is 0 Å². The Kier molecular flexibility index (Phi) is 3.95. The summed E-state index contributed by atoms with van der Waals surface area (Å²) in [5, 5.41) is 6.03. The van der Waals surface area contributed by atoms with Gasteiger partial charge in [-0.15, -0.1) is 0 Å². The lowest BCUT2D eigenvalue weighted by atomic mass is 9.99. The van der Waals surface area contributed by atoms with E-state index in [2.05, 4.69) is 64.9 Å². The quantitative estimate of drug-likeness (QED) is 0.774. The second-order valence-corrected chi connectivity index (χ2v) is 5.99. The molecule has 0 aliphatic carbocycles. The average Bonchev–Trinajstić information content (AvgIpc) is 2.63. The molecular formula is C20H20N2O. The Morgan fingerprint density at radius 1 is 0.913 bits per heavy atom. The third-order valence-corrected chi connectivity index (χ3v) is 4.44. The minimum Gasteiger partial charge on any atom is -0.381 e. The first-order valence-corrected chi connectivity index (χ1v) is 8.19. The number of ether oxygens (including phenoxy) is 1. The van der Waals surface area contributed by atoms with Crippen LogP contribution in [0.1, 0.15) is 12.8 Å². The van der Waals surface area contributed by atoms with Crippen LogP contribution >= 0.6 is 0 Å². The molecule has 4 rings (SSSR count). The van der Waals surface area contributed by atoms with Crippen molar-refractivity contribution in [1.29, 1.82) is 0 Å². The van der Waals surface area contributed by atoms with Gasteiger partial charge in [0.05, 0.1) is 0 Å². The molecule has 1 fully saturated rings. The molecule has 2 heterocycles. The summed E-state index contributed by atoms with van der Waals surface area (Å²) in [6.07, 6.45) is 4.06. The van der Waals surface area contributed by atoms with Crippen LogP contribution in [0.25, 0.3) is 21.9 Å². The van der Waals surface area contributed by atoms with Crippen LogP contribution in [0.2, 0.25) is 0 Å². The van der Waals surface area contributed by atoms with Crippen LogP contribution in [0.15, 0.2) is 60.8 Å². The van der Waals surface area contributed by atoms with Crippen LogP contribution < -0.4 is 5.32 Å². The van der Waals surface area contributed by atoms with Gasteiger partial charge in [0.1, 0.15) is 5.82 Å². The number of aromatic nitrogens is 1. The molecule has 23 heavy (non-hydrogen) atoms. The van der Waals surface area contributed by atoms with Gasteiger partial charge in [0.25, 0.3) is 0 Å². The van der Waals surface area contributed by atoms with Crippen LogP contribution in [-0.2, 0) is 4.74 Å². The van der Waals surface area contributed by atoms with E-state index in [1.54, 1.807) is 0 Å². The van der Waals surface area contributed by atoms with E-state index in [1.165, 1.54) is 16.3 Å². The molecule has 1 saturated heterocycles. The summed E-state index contributed by atoms with van der Waals surface area (Å²) >= 11 is 0. The van der Waals surface area contributed by atoms with E-state index >= 15 is 0 Å². The predicted octanol–water partition coefficient (Wildman–Crippen LogP) is 4.49. The van der Waals surface area contributed by atoms with Crippen molar-refractivity contribution in [2.45, 2.75) is 18.9 Å². The van der Waals surface area contributed by atoms with E-state index in [-0.39, 0.29) is 0 Å². The maximum atomic E-state index is 5.39. The molecule has 0 amide bonds. The number of anilines is 1. The van der Waals surface area contributed by atoms with Gasteiger partial charge in [-0.05, 0) is 41.3 Å². The molecule has 1 aliphatic heterocycles. The molecule has 3 heteroatoms. The Morgan fingerprint density at radius 3 is 2.57 bits per heavy atom. The largest absolute Gasteiger partial charge is 0.381 e. The number of fused-ring (bicyclic) bond motifs is 1. The van der Waals surface area contributed by atoms with Crippen molar-refractivity contribution in [3.8, 4) is 11.1 Å². The highest BCUT2D eigenvalue weighted by molar-refractivity contribution is 5.96. The molecule has 0 bridgehead atoms. The fraction of sp³-hybridized carbons (Fsp3) is 0.250. The molecule has 2 aromatic carbocycles. The third-order valence-electron chi connectivity index (χ3n) is 4.44. The Hall–Kier alpha value is -2.39. The molecule has 1 aliphatic rings. The van der Waals surface area contributed by atoms with Crippen molar-refractivity contribution in [3.05, 3.63) is 60.8 Å². The van der Waals surface area contributed by atoms with Gasteiger partial charge in [0, 0.05) is 31.0 Å². The summed E-state index contributed by atoms with van der Waals surface area (Å²) in [5.41, 5.74) is 2.38. The highest BCUT2D eigenvalue weighted by Gasteiger charge is 2.13. The summed E-state index contributed by atoms with van der Waals surface area (Å²) in [7, 11) is 0. The molecular weight excluding hydrogens is 284 g/mol. The Balaban J connectivity index is 1.59. The van der Waals surface area contributed by atoms with Gasteiger partial charge in [-0.25, -0.2) is 4.98 Å². The summed E-state index contributed by atoms with van der Waals surface area (Å²) in [4.78, 5) is 4.60. The van der Waals surface area contributed by atoms with E-state index in [4.69, 9.17) is 4.74 Å². The summed E-state index contributed by atoms with van der Waals surface area (Å²) in [6, 6.07) is 19.6. The normalized spacial score (nSPS) is 15.7. The molecule has 0 saturated carbocycles. The van der Waals surface area contributed by atoms with Gasteiger partial charge in [-0.2, -0.15) is 0 Å². The molecule has 116 valence electrons. The SMILES string of the molecule is c1ccc2c(-c3ccc(NC4CCOCC4)nc3)cccc2c1. The van der Waals surface area contributed by atoms with E-state index in [0.29, 0.717) is 6.04 Å². The number of benzene rings is 2. The van der Waals surface area contributed by atoms with E-state index in [1.807, 2.05) is 6.20 Å². The topological polar surface area (TPSA) is 34.1 Å². The molecule has 0 spiro atoms. The number of hydrogen-bond acceptors (Lipinski definition) is 3. The Morgan fingerprint density at radius 2 is 1.74 bits per heavy atom. The van der Waals surface area contributed by atoms with Gasteiger partial charge >= 0.3 is 0 Å². The molecule has 3 aromatic rings. The lowest BCUT2D eigenvalue weighted by Gasteiger charge is -2.23. The van der Waals surface area contributed by atoms with E-state index in [9.17, 15) is 0 Å². The van der Waals surface area contributed by atoms with Crippen molar-refractivity contribution in [1.82, 2.24) is 4.98 Å². The van der Waals surface area contributed by atoms with Gasteiger partial charge in [-0.1, -0.05) is 42.5 Å². The Bertz CT molecular complexity index is 787. The van der Waals surface area contributed by atoms with Crippen molar-refractivity contribution in [2.75, 3.05) is 18.5 Å². The van der Waals surface area contributed by atoms with Crippen LogP contribution in [0.4, 0.5) is 5.82 Å². The minimum atomic E-state index is 0.472. The van der Waals surface area contributed by atoms with Crippen molar-refractivity contribution < 1.29 is 4.74 Å². The van der Waals surface area contributed by atoms with Crippen LogP contribution in [0.5, 0.6) is 0 Å². The minimum absolute atomic E-state index is 0.472. The standard InChI is InChI=1S/C20H20N2O/c1-2-6-18-15(4-1)5-3-7-19(18)16-8-9-20(21-14-16)22-17-10-12-23-13-11-17/h1-9,14,17H,10-13H2,(H,21,22). The summed E-state index contributed by atoms with van der Waals surface area (Å²) < 4.78 is 5.39.